The van der Waals surface area contributed by atoms with Crippen molar-refractivity contribution in [2.24, 2.45) is 0 Å². The van der Waals surface area contributed by atoms with Gasteiger partial charge in [-0.25, -0.2) is 4.52 Å². The molecule has 0 radical (unpaired) electrons. The summed E-state index contributed by atoms with van der Waals surface area (Å²) in [5.41, 5.74) is 0. The van der Waals surface area contributed by atoms with Gasteiger partial charge in [0.2, 0.25) is 0 Å². The van der Waals surface area contributed by atoms with Crippen molar-refractivity contribution < 1.29 is 26.7 Å². The van der Waals surface area contributed by atoms with Gasteiger partial charge in [0, 0.05) is 17.4 Å². The Morgan fingerprint density at radius 3 is 1.50 bits per heavy atom. The van der Waals surface area contributed by atoms with E-state index in [9.17, 15) is 0 Å². The summed E-state index contributed by atoms with van der Waals surface area (Å²) >= 11 is 0. The Balaban J connectivity index is -0.0000000750. The first-order valence-electron chi connectivity index (χ1n) is 1.85. The maximum atomic E-state index is 7.75. The van der Waals surface area contributed by atoms with Crippen molar-refractivity contribution in [1.82, 2.24) is 0 Å². The average Bonchev–Trinajstić information content (AvgIpc) is 1.73. The molecule has 0 saturated carbocycles. The standard InChI is InChI=1S/C3H9OP.CHO.Cr/c1-4-5(2)3;1-2;/h1-3H3;1H;/q;-1;/p+1. The van der Waals surface area contributed by atoms with E-state index in [-0.39, 0.29) is 25.5 Å². The third kappa shape index (κ3) is 30.7. The van der Waals surface area contributed by atoms with Crippen LogP contribution in [0.4, 0.5) is 0 Å². The van der Waals surface area contributed by atoms with Crippen LogP contribution in [0.5, 0.6) is 0 Å². The van der Waals surface area contributed by atoms with E-state index in [0.717, 1.165) is 0 Å². The monoisotopic (exact) mass is 174 g/mol. The maximum Gasteiger partial charge on any atom is 0.126 e. The van der Waals surface area contributed by atoms with Gasteiger partial charge in [-0.15, -0.1) is 0 Å². The molecule has 0 aromatic carbocycles. The number of hydrogen-bond donors (Lipinski definition) is 0. The summed E-state index contributed by atoms with van der Waals surface area (Å²) < 4.78 is 4.85. The van der Waals surface area contributed by atoms with Gasteiger partial charge in [0.1, 0.15) is 8.15 Å². The van der Waals surface area contributed by atoms with Crippen LogP contribution in [0.25, 0.3) is 0 Å². The summed E-state index contributed by atoms with van der Waals surface area (Å²) in [5, 5.41) is 0. The second-order valence-corrected chi connectivity index (χ2v) is 3.34. The van der Waals surface area contributed by atoms with Crippen LogP contribution in [0.15, 0.2) is 0 Å². The molecule has 0 heterocycles. The molecular formula is C4H11CrO2P. The quantitative estimate of drug-likeness (QED) is 0.333. The van der Waals surface area contributed by atoms with Crippen LogP contribution in [0.3, 0.4) is 0 Å². The fraction of sp³-hybridized carbons (Fsp3) is 0.750. The minimum Gasteiger partial charge on any atom is -0.545 e. The second-order valence-electron chi connectivity index (χ2n) is 1.11. The predicted octanol–water partition coefficient (Wildman–Crippen LogP) is 0.745. The number of rotatable bonds is 1. The molecule has 0 aromatic rings. The molecule has 0 aliphatic carbocycles. The van der Waals surface area contributed by atoms with Crippen LogP contribution in [-0.4, -0.2) is 27.2 Å². The minimum absolute atomic E-state index is 0. The molecule has 0 spiro atoms. The SMILES string of the molecule is CO[PH+](C)C.[CH-]=O.[Cr]. The average molecular weight is 174 g/mol. The zero-order valence-corrected chi connectivity index (χ0v) is 7.58. The van der Waals surface area contributed by atoms with E-state index in [1.165, 1.54) is 0 Å². The van der Waals surface area contributed by atoms with Crippen LogP contribution in [0, 0.1) is 0 Å². The number of hydrogen-bond acceptors (Lipinski definition) is 2. The van der Waals surface area contributed by atoms with E-state index in [2.05, 4.69) is 20.1 Å². The third-order valence-electron chi connectivity index (χ3n) is 0.408. The normalized spacial score (nSPS) is 6.50. The molecule has 0 fully saturated rings. The van der Waals surface area contributed by atoms with Crippen molar-refractivity contribution in [2.45, 2.75) is 0 Å². The molecule has 0 atom stereocenters. The summed E-state index contributed by atoms with van der Waals surface area (Å²) in [4.78, 5) is 7.75. The Morgan fingerprint density at radius 1 is 1.38 bits per heavy atom. The van der Waals surface area contributed by atoms with Gasteiger partial charge < -0.3 is 4.79 Å². The van der Waals surface area contributed by atoms with Crippen LogP contribution < -0.4 is 0 Å². The summed E-state index contributed by atoms with van der Waals surface area (Å²) in [6.07, 6.45) is 0. The first kappa shape index (κ1) is 15.8. The molecule has 0 unspecified atom stereocenters. The van der Waals surface area contributed by atoms with Crippen molar-refractivity contribution in [3.63, 3.8) is 0 Å². The van der Waals surface area contributed by atoms with Gasteiger partial charge in [0.25, 0.3) is 0 Å². The van der Waals surface area contributed by atoms with E-state index in [4.69, 9.17) is 9.32 Å². The third-order valence-corrected chi connectivity index (χ3v) is 1.22. The summed E-state index contributed by atoms with van der Waals surface area (Å²) in [6.45, 7) is 7.45. The predicted molar refractivity (Wildman–Crippen MR) is 33.9 cm³/mol. The van der Waals surface area contributed by atoms with Crippen LogP contribution in [-0.2, 0) is 26.7 Å². The van der Waals surface area contributed by atoms with E-state index in [1.54, 1.807) is 7.11 Å². The second kappa shape index (κ2) is 15.6. The van der Waals surface area contributed by atoms with Gasteiger partial charge in [0.15, 0.2) is 0 Å². The smallest absolute Gasteiger partial charge is 0.126 e. The first-order valence-corrected chi connectivity index (χ1v) is 4.26. The zero-order chi connectivity index (χ0) is 6.28. The van der Waals surface area contributed by atoms with E-state index in [0.29, 0.717) is 0 Å². The van der Waals surface area contributed by atoms with Gasteiger partial charge in [-0.1, -0.05) is 0 Å². The Hall–Kier alpha value is 0.592. The molecule has 50 valence electrons. The van der Waals surface area contributed by atoms with E-state index < -0.39 is 0 Å². The topological polar surface area (TPSA) is 26.3 Å². The Labute approximate surface area is 62.6 Å². The van der Waals surface area contributed by atoms with E-state index in [1.807, 2.05) is 0 Å². The molecule has 8 heavy (non-hydrogen) atoms. The summed E-state index contributed by atoms with van der Waals surface area (Å²) in [5.74, 6) is 0. The Morgan fingerprint density at radius 2 is 1.50 bits per heavy atom. The van der Waals surface area contributed by atoms with Crippen molar-refractivity contribution in [1.29, 1.82) is 0 Å². The number of carbonyl (C=O) groups excluding carboxylic acids is 1. The van der Waals surface area contributed by atoms with Gasteiger partial charge in [0.05, 0.1) is 20.4 Å². The van der Waals surface area contributed by atoms with Crippen LogP contribution >= 0.6 is 8.15 Å². The van der Waals surface area contributed by atoms with Crippen molar-refractivity contribution in [2.75, 3.05) is 20.4 Å². The van der Waals surface area contributed by atoms with E-state index >= 15 is 0 Å². The van der Waals surface area contributed by atoms with Gasteiger partial charge >= 0.3 is 0 Å². The van der Waals surface area contributed by atoms with Crippen molar-refractivity contribution in [3.8, 4) is 0 Å². The first-order chi connectivity index (χ1) is 3.27. The molecular weight excluding hydrogens is 163 g/mol. The van der Waals surface area contributed by atoms with Gasteiger partial charge in [-0.05, 0) is 0 Å². The van der Waals surface area contributed by atoms with Crippen LogP contribution in [0.2, 0.25) is 0 Å². The zero-order valence-electron chi connectivity index (χ0n) is 5.30. The Bertz CT molecular complexity index is 35.2. The maximum absolute atomic E-state index is 7.75. The molecule has 0 aliphatic heterocycles. The molecule has 0 aliphatic rings. The van der Waals surface area contributed by atoms with Crippen molar-refractivity contribution >= 4 is 14.9 Å². The summed E-state index contributed by atoms with van der Waals surface area (Å²) in [6, 6.07) is 0. The molecule has 0 saturated heterocycles. The molecule has 0 bridgehead atoms. The fourth-order valence-corrected chi connectivity index (χ4v) is 0. The molecule has 0 N–H and O–H groups in total. The fourth-order valence-electron chi connectivity index (χ4n) is 0. The van der Waals surface area contributed by atoms with Gasteiger partial charge in [-0.2, -0.15) is 0 Å². The van der Waals surface area contributed by atoms with Crippen LogP contribution in [0.1, 0.15) is 0 Å². The molecule has 2 nitrogen and oxygen atoms in total. The molecule has 0 aromatic heterocycles. The molecule has 0 amide bonds. The largest absolute Gasteiger partial charge is 0.545 e. The minimum atomic E-state index is -0.374. The van der Waals surface area contributed by atoms with Gasteiger partial charge in [-0.3, -0.25) is 6.79 Å². The van der Waals surface area contributed by atoms with Crippen molar-refractivity contribution in [3.05, 3.63) is 0 Å². The Kier molecular flexibility index (Phi) is 31.0. The molecule has 0 rings (SSSR count). The molecule has 4 heteroatoms. The summed E-state index contributed by atoms with van der Waals surface area (Å²) in [7, 11) is 1.37.